The van der Waals surface area contributed by atoms with Gasteiger partial charge in [-0.25, -0.2) is 14.4 Å². The van der Waals surface area contributed by atoms with Gasteiger partial charge < -0.3 is 0 Å². The van der Waals surface area contributed by atoms with E-state index in [1.165, 1.54) is 12.3 Å². The molecule has 0 saturated heterocycles. The van der Waals surface area contributed by atoms with Gasteiger partial charge in [-0.3, -0.25) is 0 Å². The predicted octanol–water partition coefficient (Wildman–Crippen LogP) is 4.70. The van der Waals surface area contributed by atoms with Crippen molar-refractivity contribution in [1.29, 1.82) is 5.26 Å². The first-order valence-electron chi connectivity index (χ1n) is 5.71. The molecule has 2 unspecified atom stereocenters. The first kappa shape index (κ1) is 14.7. The lowest BCUT2D eigenvalue weighted by atomic mass is 9.95. The number of hydrogen-bond donors (Lipinski definition) is 0. The number of thiazole rings is 1. The highest BCUT2D eigenvalue weighted by Gasteiger charge is 2.46. The van der Waals surface area contributed by atoms with Gasteiger partial charge in [0.2, 0.25) is 0 Å². The van der Waals surface area contributed by atoms with Crippen LogP contribution in [0.1, 0.15) is 5.01 Å². The van der Waals surface area contributed by atoms with Crippen LogP contribution in [0.15, 0.2) is 35.8 Å². The maximum atomic E-state index is 14.4. The lowest BCUT2D eigenvalue weighted by Gasteiger charge is -2.29. The summed E-state index contributed by atoms with van der Waals surface area (Å²) in [4.78, 5) is 6.61. The Morgan fingerprint density at radius 1 is 1.48 bits per heavy atom. The predicted molar refractivity (Wildman–Crippen MR) is 82.5 cm³/mol. The molecule has 1 aliphatic rings. The van der Waals surface area contributed by atoms with Crippen molar-refractivity contribution in [1.82, 2.24) is 9.97 Å². The van der Waals surface area contributed by atoms with Gasteiger partial charge in [-0.15, -0.1) is 34.5 Å². The van der Waals surface area contributed by atoms with Crippen molar-refractivity contribution in [3.63, 3.8) is 0 Å². The third-order valence-corrected chi connectivity index (χ3v) is 5.92. The number of aromatic nitrogens is 2. The van der Waals surface area contributed by atoms with E-state index in [-0.39, 0.29) is 15.7 Å². The fourth-order valence-electron chi connectivity index (χ4n) is 1.96. The summed E-state index contributed by atoms with van der Waals surface area (Å²) in [6.45, 7) is 0. The molecular weight excluding hydrogens is 356 g/mol. The summed E-state index contributed by atoms with van der Waals surface area (Å²) in [6, 6.07) is 3.50. The van der Waals surface area contributed by atoms with Crippen LogP contribution in [-0.4, -0.2) is 15.3 Å². The molecule has 2 atom stereocenters. The monoisotopic (exact) mass is 359 g/mol. The number of fused-ring (bicyclic) bond motifs is 1. The van der Waals surface area contributed by atoms with Crippen molar-refractivity contribution in [2.75, 3.05) is 0 Å². The average Bonchev–Trinajstić information content (AvgIpc) is 2.90. The number of pyridine rings is 1. The molecule has 106 valence electrons. The molecule has 8 heteroatoms. The number of allylic oxidation sites excluding steroid dienone is 4. The van der Waals surface area contributed by atoms with Gasteiger partial charge in [0, 0.05) is 6.20 Å². The molecule has 2 aromatic rings. The summed E-state index contributed by atoms with van der Waals surface area (Å²) in [6.07, 6.45) is 3.98. The summed E-state index contributed by atoms with van der Waals surface area (Å²) < 4.78 is 15.0. The van der Waals surface area contributed by atoms with Crippen LogP contribution in [0, 0.1) is 11.3 Å². The van der Waals surface area contributed by atoms with Gasteiger partial charge in [-0.1, -0.05) is 11.6 Å². The third kappa shape index (κ3) is 2.23. The molecule has 0 aliphatic heterocycles. The van der Waals surface area contributed by atoms with Crippen LogP contribution in [0.3, 0.4) is 0 Å². The van der Waals surface area contributed by atoms with E-state index < -0.39 is 16.1 Å². The van der Waals surface area contributed by atoms with Crippen molar-refractivity contribution in [3.05, 3.63) is 46.0 Å². The lowest BCUT2D eigenvalue weighted by molar-refractivity contribution is 0.504. The highest BCUT2D eigenvalue weighted by atomic mass is 35.5. The van der Waals surface area contributed by atoms with E-state index >= 15 is 0 Å². The van der Waals surface area contributed by atoms with Gasteiger partial charge in [-0.2, -0.15) is 5.26 Å². The third-order valence-electron chi connectivity index (χ3n) is 3.04. The minimum absolute atomic E-state index is 0.129. The number of nitriles is 1. The zero-order chi connectivity index (χ0) is 15.2. The maximum Gasteiger partial charge on any atom is 0.167 e. The number of hydrogen-bond acceptors (Lipinski definition) is 4. The van der Waals surface area contributed by atoms with E-state index in [0.717, 1.165) is 17.4 Å². The van der Waals surface area contributed by atoms with Gasteiger partial charge in [0.15, 0.2) is 4.87 Å². The van der Waals surface area contributed by atoms with Gasteiger partial charge in [0.05, 0.1) is 27.2 Å². The van der Waals surface area contributed by atoms with Crippen LogP contribution >= 0.6 is 46.1 Å². The Morgan fingerprint density at radius 2 is 2.24 bits per heavy atom. The topological polar surface area (TPSA) is 49.6 Å². The molecule has 3 rings (SSSR count). The van der Waals surface area contributed by atoms with Crippen molar-refractivity contribution in [2.45, 2.75) is 10.3 Å². The molecule has 0 saturated carbocycles. The van der Waals surface area contributed by atoms with Crippen LogP contribution in [0.2, 0.25) is 5.15 Å². The summed E-state index contributed by atoms with van der Waals surface area (Å²) in [5.41, 5.74) is 0.700. The first-order valence-corrected chi connectivity index (χ1v) is 7.71. The summed E-state index contributed by atoms with van der Waals surface area (Å²) in [5.74, 6) is -0.716. The Labute approximate surface area is 138 Å². The van der Waals surface area contributed by atoms with E-state index in [1.54, 1.807) is 6.07 Å². The van der Waals surface area contributed by atoms with Crippen LogP contribution < -0.4 is 0 Å². The van der Waals surface area contributed by atoms with Gasteiger partial charge in [0.1, 0.15) is 16.0 Å². The minimum Gasteiger partial charge on any atom is -0.243 e. The second-order valence-electron chi connectivity index (χ2n) is 4.31. The average molecular weight is 361 g/mol. The van der Waals surface area contributed by atoms with Gasteiger partial charge in [-0.05, 0) is 18.2 Å². The second kappa shape index (κ2) is 5.22. The Bertz CT molecular complexity index is 839. The molecule has 0 bridgehead atoms. The SMILES string of the molecule is N#CC1=CC(Cl)C(Cl)(c2nc3ccnc(Cl)c3s2)C(F)=C1. The molecule has 1 aliphatic carbocycles. The molecule has 0 aromatic carbocycles. The molecule has 0 spiro atoms. The lowest BCUT2D eigenvalue weighted by Crippen LogP contribution is -2.32. The first-order chi connectivity index (χ1) is 9.96. The van der Waals surface area contributed by atoms with Crippen molar-refractivity contribution < 1.29 is 4.39 Å². The second-order valence-corrected chi connectivity index (χ2v) is 6.73. The minimum atomic E-state index is -1.64. The van der Waals surface area contributed by atoms with Crippen LogP contribution in [0.4, 0.5) is 4.39 Å². The van der Waals surface area contributed by atoms with E-state index in [9.17, 15) is 4.39 Å². The van der Waals surface area contributed by atoms with E-state index in [4.69, 9.17) is 40.1 Å². The maximum absolute atomic E-state index is 14.4. The number of alkyl halides is 2. The van der Waals surface area contributed by atoms with E-state index in [1.807, 2.05) is 6.07 Å². The zero-order valence-corrected chi connectivity index (χ0v) is 13.2. The largest absolute Gasteiger partial charge is 0.243 e. The highest BCUT2D eigenvalue weighted by Crippen LogP contribution is 2.49. The van der Waals surface area contributed by atoms with Crippen molar-refractivity contribution in [2.24, 2.45) is 0 Å². The molecule has 0 amide bonds. The molecule has 2 aromatic heterocycles. The molecule has 0 radical (unpaired) electrons. The Balaban J connectivity index is 2.18. The van der Waals surface area contributed by atoms with Gasteiger partial charge in [0.25, 0.3) is 0 Å². The fourth-order valence-corrected chi connectivity index (χ4v) is 3.98. The Hall–Kier alpha value is -1.19. The highest BCUT2D eigenvalue weighted by molar-refractivity contribution is 7.19. The molecule has 2 heterocycles. The Kier molecular flexibility index (Phi) is 3.66. The normalized spacial score (nSPS) is 25.4. The number of nitrogens with zero attached hydrogens (tertiary/aromatic N) is 3. The summed E-state index contributed by atoms with van der Waals surface area (Å²) in [5, 5.41) is 8.46. The smallest absolute Gasteiger partial charge is 0.167 e. The number of rotatable bonds is 1. The van der Waals surface area contributed by atoms with Crippen LogP contribution in [0.5, 0.6) is 0 Å². The molecule has 0 fully saturated rings. The van der Waals surface area contributed by atoms with Crippen molar-refractivity contribution >= 4 is 56.4 Å². The van der Waals surface area contributed by atoms with E-state index in [2.05, 4.69) is 9.97 Å². The van der Waals surface area contributed by atoms with Crippen LogP contribution in [0.25, 0.3) is 10.2 Å². The molecule has 3 nitrogen and oxygen atoms in total. The van der Waals surface area contributed by atoms with Gasteiger partial charge >= 0.3 is 0 Å². The van der Waals surface area contributed by atoms with E-state index in [0.29, 0.717) is 10.2 Å². The zero-order valence-electron chi connectivity index (χ0n) is 10.1. The molecule has 0 N–H and O–H groups in total. The summed E-state index contributed by atoms with van der Waals surface area (Å²) in [7, 11) is 0. The standard InChI is InChI=1S/C13H5Cl3FN3S/c14-8-3-6(5-18)4-9(17)13(8,16)12-20-7-1-2-19-11(15)10(7)21-12/h1-4,8H. The van der Waals surface area contributed by atoms with Crippen molar-refractivity contribution in [3.8, 4) is 6.07 Å². The fraction of sp³-hybridized carbons (Fsp3) is 0.154. The van der Waals surface area contributed by atoms with Crippen LogP contribution in [-0.2, 0) is 4.87 Å². The number of halogens is 4. The molecular formula is C13H5Cl3FN3S. The quantitative estimate of drug-likeness (QED) is 0.547. The summed E-state index contributed by atoms with van der Waals surface area (Å²) >= 11 is 19.7. The molecule has 21 heavy (non-hydrogen) atoms. The Morgan fingerprint density at radius 3 is 2.86 bits per heavy atom.